The Balaban J connectivity index is -0.000000163. The standard InChI is InChI=1S/C6H4F.BrH.FH.Mg/c7-6-4-2-1-3-5-6;;;/h1-4H;2*1H;/q-1;;;+2/p-1. The summed E-state index contributed by atoms with van der Waals surface area (Å²) in [5.74, 6) is -0.303. The van der Waals surface area contributed by atoms with Crippen LogP contribution in [0.4, 0.5) is 4.39 Å². The molecule has 0 aliphatic rings. The van der Waals surface area contributed by atoms with Crippen molar-refractivity contribution in [1.29, 1.82) is 0 Å². The fraction of sp³-hybridized carbons (Fsp3) is 0. The zero-order valence-corrected chi connectivity index (χ0v) is 8.31. The van der Waals surface area contributed by atoms with Crippen LogP contribution < -0.4 is 4.70 Å². The van der Waals surface area contributed by atoms with E-state index >= 15 is 0 Å². The van der Waals surface area contributed by atoms with Gasteiger partial charge in [0.1, 0.15) is 0 Å². The minimum Gasteiger partial charge on any atom is -1.00 e. The van der Waals surface area contributed by atoms with E-state index in [2.05, 4.69) is 6.07 Å². The summed E-state index contributed by atoms with van der Waals surface area (Å²) in [5, 5.41) is 0. The fourth-order valence-electron chi connectivity index (χ4n) is 0.371. The Morgan fingerprint density at radius 2 is 1.90 bits per heavy atom. The van der Waals surface area contributed by atoms with Crippen LogP contribution in [0.15, 0.2) is 24.3 Å². The Bertz CT molecular complexity index is 146. The molecular weight excluding hydrogens is 214 g/mol. The monoisotopic (exact) mass is 218 g/mol. The van der Waals surface area contributed by atoms with Gasteiger partial charge in [-0.1, -0.05) is 0 Å². The molecule has 0 heterocycles. The van der Waals surface area contributed by atoms with Crippen LogP contribution in [-0.2, 0) is 0 Å². The Morgan fingerprint density at radius 3 is 2.10 bits per heavy atom. The molecule has 0 N–H and O–H groups in total. The van der Waals surface area contributed by atoms with Gasteiger partial charge < -0.3 is 4.70 Å². The van der Waals surface area contributed by atoms with Crippen LogP contribution in [0.5, 0.6) is 0 Å². The van der Waals surface area contributed by atoms with Gasteiger partial charge in [-0.2, -0.15) is 18.2 Å². The fourth-order valence-corrected chi connectivity index (χ4v) is 0.371. The normalized spacial score (nSPS) is 6.10. The molecular formula is C6H5BrF2Mg. The molecule has 0 radical (unpaired) electrons. The smallest absolute Gasteiger partial charge is 1.00 e. The van der Waals surface area contributed by atoms with Crippen LogP contribution in [0, 0.1) is 11.9 Å². The SMILES string of the molecule is Br.Fc1[c-]cccc1.[F-].[Mg+2]. The first-order valence-corrected chi connectivity index (χ1v) is 2.02. The van der Waals surface area contributed by atoms with E-state index in [4.69, 9.17) is 0 Å². The van der Waals surface area contributed by atoms with E-state index in [1.807, 2.05) is 0 Å². The molecule has 0 aliphatic carbocycles. The predicted molar refractivity (Wildman–Crippen MR) is 41.3 cm³/mol. The Hall–Kier alpha value is 0.326. The Labute approximate surface area is 85.1 Å². The maximum absolute atomic E-state index is 11.9. The molecule has 0 unspecified atom stereocenters. The summed E-state index contributed by atoms with van der Waals surface area (Å²) in [6.45, 7) is 0. The van der Waals surface area contributed by atoms with Crippen LogP contribution in [0.25, 0.3) is 0 Å². The molecule has 0 aliphatic heterocycles. The van der Waals surface area contributed by atoms with Gasteiger partial charge in [-0.25, -0.2) is 4.39 Å². The number of benzene rings is 1. The van der Waals surface area contributed by atoms with E-state index in [0.29, 0.717) is 0 Å². The molecule has 0 amide bonds. The topological polar surface area (TPSA) is 0 Å². The van der Waals surface area contributed by atoms with Gasteiger partial charge in [0, 0.05) is 5.82 Å². The molecule has 0 aromatic heterocycles. The van der Waals surface area contributed by atoms with Gasteiger partial charge in [-0.3, -0.25) is 0 Å². The zero-order chi connectivity index (χ0) is 5.11. The summed E-state index contributed by atoms with van der Waals surface area (Å²) >= 11 is 0. The molecule has 0 saturated heterocycles. The van der Waals surface area contributed by atoms with E-state index in [1.54, 1.807) is 12.1 Å². The second-order valence-corrected chi connectivity index (χ2v) is 1.21. The summed E-state index contributed by atoms with van der Waals surface area (Å²) in [4.78, 5) is 0. The van der Waals surface area contributed by atoms with Crippen LogP contribution in [0.1, 0.15) is 0 Å². The predicted octanol–water partition coefficient (Wildman–Crippen LogP) is -1.17. The molecule has 0 saturated carbocycles. The molecule has 4 heteroatoms. The summed E-state index contributed by atoms with van der Waals surface area (Å²) in [5.41, 5.74) is 0. The number of hydrogen-bond acceptors (Lipinski definition) is 0. The minimum atomic E-state index is -0.303. The van der Waals surface area contributed by atoms with Gasteiger partial charge in [0.05, 0.1) is 0 Å². The van der Waals surface area contributed by atoms with E-state index in [-0.39, 0.29) is 50.6 Å². The van der Waals surface area contributed by atoms with Gasteiger partial charge in [0.25, 0.3) is 0 Å². The number of rotatable bonds is 0. The molecule has 10 heavy (non-hydrogen) atoms. The van der Waals surface area contributed by atoms with Crippen molar-refractivity contribution < 1.29 is 9.09 Å². The average Bonchev–Trinajstić information content (AvgIpc) is 1.69. The summed E-state index contributed by atoms with van der Waals surface area (Å²) < 4.78 is 11.9. The maximum atomic E-state index is 11.9. The van der Waals surface area contributed by atoms with Crippen molar-refractivity contribution in [1.82, 2.24) is 0 Å². The second-order valence-electron chi connectivity index (χ2n) is 1.21. The van der Waals surface area contributed by atoms with Crippen LogP contribution in [-0.4, -0.2) is 23.1 Å². The largest absolute Gasteiger partial charge is 2.00 e. The van der Waals surface area contributed by atoms with Gasteiger partial charge in [-0.15, -0.1) is 29.1 Å². The first kappa shape index (κ1) is 16.7. The average molecular weight is 219 g/mol. The first-order chi connectivity index (χ1) is 3.39. The third kappa shape index (κ3) is 6.45. The van der Waals surface area contributed by atoms with Crippen molar-refractivity contribution in [2.75, 3.05) is 0 Å². The molecule has 1 rings (SSSR count). The van der Waals surface area contributed by atoms with Crippen molar-refractivity contribution in [2.24, 2.45) is 0 Å². The van der Waals surface area contributed by atoms with E-state index in [9.17, 15) is 4.39 Å². The van der Waals surface area contributed by atoms with Crippen LogP contribution >= 0.6 is 17.0 Å². The molecule has 52 valence electrons. The van der Waals surface area contributed by atoms with Crippen molar-refractivity contribution in [3.05, 3.63) is 36.1 Å². The molecule has 1 aromatic rings. The summed E-state index contributed by atoms with van der Waals surface area (Å²) in [6, 6.07) is 8.62. The van der Waals surface area contributed by atoms with Gasteiger partial charge >= 0.3 is 23.1 Å². The van der Waals surface area contributed by atoms with E-state index in [1.165, 1.54) is 12.1 Å². The van der Waals surface area contributed by atoms with Gasteiger partial charge in [0.2, 0.25) is 0 Å². The maximum Gasteiger partial charge on any atom is 2.00 e. The quantitative estimate of drug-likeness (QED) is 0.381. The van der Waals surface area contributed by atoms with E-state index in [0.717, 1.165) is 0 Å². The molecule has 0 spiro atoms. The number of hydrogen-bond donors (Lipinski definition) is 0. The molecule has 0 fully saturated rings. The second kappa shape index (κ2) is 9.33. The van der Waals surface area contributed by atoms with E-state index < -0.39 is 0 Å². The zero-order valence-electron chi connectivity index (χ0n) is 5.18. The Kier molecular flexibility index (Phi) is 15.6. The molecule has 1 aromatic carbocycles. The first-order valence-electron chi connectivity index (χ1n) is 2.02. The Morgan fingerprint density at radius 1 is 1.30 bits per heavy atom. The minimum absolute atomic E-state index is 0. The van der Waals surface area contributed by atoms with Crippen LogP contribution in [0.3, 0.4) is 0 Å². The molecule has 0 atom stereocenters. The van der Waals surface area contributed by atoms with Gasteiger partial charge in [-0.05, 0) is 0 Å². The number of halogens is 3. The molecule has 0 nitrogen and oxygen atoms in total. The van der Waals surface area contributed by atoms with Crippen molar-refractivity contribution in [2.45, 2.75) is 0 Å². The third-order valence-corrected chi connectivity index (χ3v) is 0.671. The van der Waals surface area contributed by atoms with Crippen molar-refractivity contribution in [3.8, 4) is 0 Å². The summed E-state index contributed by atoms with van der Waals surface area (Å²) in [7, 11) is 0. The van der Waals surface area contributed by atoms with Gasteiger partial charge in [0.15, 0.2) is 0 Å². The molecule has 0 bridgehead atoms. The third-order valence-electron chi connectivity index (χ3n) is 0.671. The van der Waals surface area contributed by atoms with Crippen LogP contribution in [0.2, 0.25) is 0 Å². The van der Waals surface area contributed by atoms with Crippen molar-refractivity contribution >= 4 is 40.0 Å². The summed E-state index contributed by atoms with van der Waals surface area (Å²) in [6.07, 6.45) is 0. The van der Waals surface area contributed by atoms with Crippen molar-refractivity contribution in [3.63, 3.8) is 0 Å².